The third kappa shape index (κ3) is 3.57. The number of benzene rings is 2. The standard InChI is InChI=1S/C22H21N5O2S/c1-16-9-11-18(12-10-16)30(28,29)22-20(13-14-26(2)3)27-21(24-25-22)19(15-23-27)17-7-5-4-6-8-17/h4-15H,1-3H3/b14-13+. The molecule has 0 saturated carbocycles. The Morgan fingerprint density at radius 2 is 1.67 bits per heavy atom. The molecule has 0 amide bonds. The SMILES string of the molecule is Cc1ccc(S(=O)(=O)c2nnc3c(-c4ccccc4)cnn3c2/C=C/N(C)C)cc1. The Morgan fingerprint density at radius 3 is 2.33 bits per heavy atom. The molecular weight excluding hydrogens is 398 g/mol. The van der Waals surface area contributed by atoms with Crippen LogP contribution in [0.5, 0.6) is 0 Å². The molecule has 0 N–H and O–H groups in total. The highest BCUT2D eigenvalue weighted by atomic mass is 32.2. The van der Waals surface area contributed by atoms with E-state index >= 15 is 0 Å². The van der Waals surface area contributed by atoms with Gasteiger partial charge in [0.25, 0.3) is 0 Å². The first-order valence-electron chi connectivity index (χ1n) is 9.34. The monoisotopic (exact) mass is 419 g/mol. The van der Waals surface area contributed by atoms with Crippen molar-refractivity contribution in [3.05, 3.63) is 78.3 Å². The van der Waals surface area contributed by atoms with Crippen molar-refractivity contribution in [2.45, 2.75) is 16.8 Å². The summed E-state index contributed by atoms with van der Waals surface area (Å²) in [5.74, 6) is 0. The molecule has 0 aliphatic heterocycles. The molecule has 4 rings (SSSR count). The van der Waals surface area contributed by atoms with Gasteiger partial charge >= 0.3 is 0 Å². The molecule has 8 heteroatoms. The van der Waals surface area contributed by atoms with E-state index in [0.29, 0.717) is 11.3 Å². The number of hydrogen-bond donors (Lipinski definition) is 0. The summed E-state index contributed by atoms with van der Waals surface area (Å²) >= 11 is 0. The van der Waals surface area contributed by atoms with E-state index in [4.69, 9.17) is 0 Å². The van der Waals surface area contributed by atoms with Crippen LogP contribution in [0.1, 0.15) is 11.3 Å². The van der Waals surface area contributed by atoms with Gasteiger partial charge in [0.2, 0.25) is 14.9 Å². The largest absolute Gasteiger partial charge is 0.383 e. The number of aromatic nitrogens is 4. The third-order valence-corrected chi connectivity index (χ3v) is 6.32. The van der Waals surface area contributed by atoms with Crippen LogP contribution in [0.15, 0.2) is 76.9 Å². The highest BCUT2D eigenvalue weighted by molar-refractivity contribution is 7.91. The minimum Gasteiger partial charge on any atom is -0.383 e. The van der Waals surface area contributed by atoms with Gasteiger partial charge in [-0.1, -0.05) is 48.0 Å². The molecule has 0 saturated heterocycles. The Bertz CT molecular complexity index is 1330. The van der Waals surface area contributed by atoms with E-state index in [1.165, 1.54) is 4.52 Å². The zero-order valence-corrected chi connectivity index (χ0v) is 17.7. The van der Waals surface area contributed by atoms with Crippen LogP contribution in [0.2, 0.25) is 0 Å². The molecule has 30 heavy (non-hydrogen) atoms. The topological polar surface area (TPSA) is 80.5 Å². The summed E-state index contributed by atoms with van der Waals surface area (Å²) in [6, 6.07) is 16.4. The van der Waals surface area contributed by atoms with Crippen molar-refractivity contribution < 1.29 is 8.42 Å². The maximum Gasteiger partial charge on any atom is 0.227 e. The highest BCUT2D eigenvalue weighted by Gasteiger charge is 2.26. The average molecular weight is 420 g/mol. The number of fused-ring (bicyclic) bond motifs is 1. The number of hydrogen-bond acceptors (Lipinski definition) is 6. The molecule has 0 aliphatic carbocycles. The molecule has 152 valence electrons. The van der Waals surface area contributed by atoms with Crippen molar-refractivity contribution in [2.24, 2.45) is 0 Å². The normalized spacial score (nSPS) is 12.0. The highest BCUT2D eigenvalue weighted by Crippen LogP contribution is 2.28. The van der Waals surface area contributed by atoms with Crippen LogP contribution in [0.25, 0.3) is 22.9 Å². The zero-order valence-electron chi connectivity index (χ0n) is 16.9. The van der Waals surface area contributed by atoms with Gasteiger partial charge in [0.05, 0.1) is 11.1 Å². The lowest BCUT2D eigenvalue weighted by Crippen LogP contribution is -2.13. The second-order valence-corrected chi connectivity index (χ2v) is 9.01. The van der Waals surface area contributed by atoms with Crippen molar-refractivity contribution in [3.63, 3.8) is 0 Å². The van der Waals surface area contributed by atoms with Crippen molar-refractivity contribution in [3.8, 4) is 11.1 Å². The lowest BCUT2D eigenvalue weighted by molar-refractivity contribution is 0.566. The Kier molecular flexibility index (Phi) is 5.09. The van der Waals surface area contributed by atoms with E-state index in [2.05, 4.69) is 15.3 Å². The maximum atomic E-state index is 13.3. The van der Waals surface area contributed by atoms with Gasteiger partial charge in [0.15, 0.2) is 5.65 Å². The van der Waals surface area contributed by atoms with Gasteiger partial charge in [-0.05, 0) is 30.7 Å². The van der Waals surface area contributed by atoms with Crippen LogP contribution in [0.3, 0.4) is 0 Å². The quantitative estimate of drug-likeness (QED) is 0.493. The fraction of sp³-hybridized carbons (Fsp3) is 0.136. The van der Waals surface area contributed by atoms with Gasteiger partial charge in [-0.2, -0.15) is 5.10 Å². The minimum atomic E-state index is -3.89. The summed E-state index contributed by atoms with van der Waals surface area (Å²) in [5.41, 5.74) is 3.52. The van der Waals surface area contributed by atoms with Gasteiger partial charge in [-0.25, -0.2) is 12.9 Å². The van der Waals surface area contributed by atoms with Crippen LogP contribution in [-0.4, -0.2) is 47.2 Å². The zero-order chi connectivity index (χ0) is 21.3. The predicted molar refractivity (Wildman–Crippen MR) is 116 cm³/mol. The number of aryl methyl sites for hydroxylation is 1. The van der Waals surface area contributed by atoms with E-state index in [9.17, 15) is 8.42 Å². The van der Waals surface area contributed by atoms with Gasteiger partial charge < -0.3 is 4.90 Å². The van der Waals surface area contributed by atoms with E-state index in [1.54, 1.807) is 42.7 Å². The molecular formula is C22H21N5O2S. The van der Waals surface area contributed by atoms with Crippen molar-refractivity contribution in [1.82, 2.24) is 24.7 Å². The van der Waals surface area contributed by atoms with E-state index in [1.807, 2.05) is 56.3 Å². The molecule has 0 fully saturated rings. The minimum absolute atomic E-state index is 0.139. The molecule has 4 aromatic rings. The smallest absolute Gasteiger partial charge is 0.227 e. The second-order valence-electron chi connectivity index (χ2n) is 7.15. The van der Waals surface area contributed by atoms with Crippen LogP contribution < -0.4 is 0 Å². The number of rotatable bonds is 5. The number of nitrogens with zero attached hydrogens (tertiary/aromatic N) is 5. The fourth-order valence-electron chi connectivity index (χ4n) is 3.05. The summed E-state index contributed by atoms with van der Waals surface area (Å²) in [5, 5.41) is 12.7. The Morgan fingerprint density at radius 1 is 0.967 bits per heavy atom. The van der Waals surface area contributed by atoms with Crippen LogP contribution in [0, 0.1) is 6.92 Å². The molecule has 0 unspecified atom stereocenters. The molecule has 2 aromatic carbocycles. The Labute approximate surface area is 175 Å². The molecule has 0 atom stereocenters. The molecule has 0 radical (unpaired) electrons. The summed E-state index contributed by atoms with van der Waals surface area (Å²) in [7, 11) is -0.173. The fourth-order valence-corrected chi connectivity index (χ4v) is 4.35. The van der Waals surface area contributed by atoms with Crippen molar-refractivity contribution in [1.29, 1.82) is 0 Å². The van der Waals surface area contributed by atoms with E-state index in [0.717, 1.165) is 16.7 Å². The first kappa shape index (κ1) is 19.8. The average Bonchev–Trinajstić information content (AvgIpc) is 3.17. The lowest BCUT2D eigenvalue weighted by atomic mass is 10.1. The summed E-state index contributed by atoms with van der Waals surface area (Å²) in [6.45, 7) is 1.91. The van der Waals surface area contributed by atoms with Crippen LogP contribution in [0.4, 0.5) is 0 Å². The van der Waals surface area contributed by atoms with Crippen molar-refractivity contribution >= 4 is 21.6 Å². The molecule has 0 aliphatic rings. The second kappa shape index (κ2) is 7.72. The molecule has 7 nitrogen and oxygen atoms in total. The third-order valence-electron chi connectivity index (χ3n) is 4.63. The molecule has 0 spiro atoms. The Balaban J connectivity index is 1.96. The first-order chi connectivity index (χ1) is 14.4. The molecule has 2 heterocycles. The van der Waals surface area contributed by atoms with E-state index < -0.39 is 9.84 Å². The molecule has 2 aromatic heterocycles. The Hall–Kier alpha value is -3.52. The summed E-state index contributed by atoms with van der Waals surface area (Å²) in [4.78, 5) is 1.98. The van der Waals surface area contributed by atoms with E-state index in [-0.39, 0.29) is 9.92 Å². The molecule has 0 bridgehead atoms. The first-order valence-corrected chi connectivity index (χ1v) is 10.8. The maximum absolute atomic E-state index is 13.3. The van der Waals surface area contributed by atoms with Gasteiger partial charge in [0.1, 0.15) is 5.69 Å². The summed E-state index contributed by atoms with van der Waals surface area (Å²) < 4.78 is 28.2. The van der Waals surface area contributed by atoms with Crippen LogP contribution >= 0.6 is 0 Å². The number of sulfone groups is 1. The predicted octanol–water partition coefficient (Wildman–Crippen LogP) is 3.46. The van der Waals surface area contributed by atoms with Gasteiger partial charge in [0, 0.05) is 25.9 Å². The van der Waals surface area contributed by atoms with Crippen LogP contribution in [-0.2, 0) is 9.84 Å². The van der Waals surface area contributed by atoms with Gasteiger partial charge in [-0.15, -0.1) is 10.2 Å². The van der Waals surface area contributed by atoms with Gasteiger partial charge in [-0.3, -0.25) is 0 Å². The van der Waals surface area contributed by atoms with Crippen molar-refractivity contribution in [2.75, 3.05) is 14.1 Å². The lowest BCUT2D eigenvalue weighted by Gasteiger charge is -2.10. The summed E-state index contributed by atoms with van der Waals surface area (Å²) in [6.07, 6.45) is 5.12.